The zero-order chi connectivity index (χ0) is 13.1. The number of hydrogen-bond donors (Lipinski definition) is 1. The number of nitrogens with zero attached hydrogens (tertiary/aromatic N) is 2. The second kappa shape index (κ2) is 6.36. The predicted molar refractivity (Wildman–Crippen MR) is 75.7 cm³/mol. The van der Waals surface area contributed by atoms with E-state index >= 15 is 0 Å². The molecule has 0 aromatic rings. The van der Waals surface area contributed by atoms with E-state index in [1.807, 2.05) is 0 Å². The van der Waals surface area contributed by atoms with Crippen LogP contribution < -0.4 is 0 Å². The van der Waals surface area contributed by atoms with Gasteiger partial charge in [0.15, 0.2) is 0 Å². The highest BCUT2D eigenvalue weighted by atomic mass is 16.3. The summed E-state index contributed by atoms with van der Waals surface area (Å²) in [5.41, 5.74) is 0. The number of hydrogen-bond acceptors (Lipinski definition) is 3. The molecule has 2 rings (SSSR count). The molecule has 106 valence electrons. The molecule has 1 N–H and O–H groups in total. The Bertz CT molecular complexity index is 259. The van der Waals surface area contributed by atoms with Crippen LogP contribution in [0.3, 0.4) is 0 Å². The first-order valence-corrected chi connectivity index (χ1v) is 7.74. The summed E-state index contributed by atoms with van der Waals surface area (Å²) in [7, 11) is 2.23. The van der Waals surface area contributed by atoms with Crippen molar-refractivity contribution in [3.8, 4) is 0 Å². The van der Waals surface area contributed by atoms with Crippen LogP contribution in [0, 0.1) is 5.92 Å². The van der Waals surface area contributed by atoms with E-state index in [2.05, 4.69) is 30.7 Å². The molecule has 0 bridgehead atoms. The first-order valence-electron chi connectivity index (χ1n) is 7.74. The predicted octanol–water partition coefficient (Wildman–Crippen LogP) is 1.95. The van der Waals surface area contributed by atoms with Crippen molar-refractivity contribution in [3.63, 3.8) is 0 Å². The van der Waals surface area contributed by atoms with Gasteiger partial charge in [0, 0.05) is 25.2 Å². The maximum absolute atomic E-state index is 10.4. The maximum atomic E-state index is 10.4. The van der Waals surface area contributed by atoms with Crippen molar-refractivity contribution < 1.29 is 5.11 Å². The van der Waals surface area contributed by atoms with Gasteiger partial charge in [0.1, 0.15) is 0 Å². The quantitative estimate of drug-likeness (QED) is 0.816. The molecule has 1 saturated heterocycles. The Balaban J connectivity index is 2.07. The van der Waals surface area contributed by atoms with Crippen molar-refractivity contribution in [2.45, 2.75) is 64.1 Å². The van der Waals surface area contributed by atoms with Gasteiger partial charge in [-0.25, -0.2) is 0 Å². The fourth-order valence-corrected chi connectivity index (χ4v) is 3.75. The fraction of sp³-hybridized carbons (Fsp3) is 1.00. The SMILES string of the molecule is CCC1CN(C)CCCN1C1CC(C)CCC1O. The van der Waals surface area contributed by atoms with Gasteiger partial charge < -0.3 is 10.0 Å². The molecule has 1 heterocycles. The third-order valence-electron chi connectivity index (χ3n) is 4.89. The molecule has 1 saturated carbocycles. The summed E-state index contributed by atoms with van der Waals surface area (Å²) < 4.78 is 0. The third-order valence-corrected chi connectivity index (χ3v) is 4.89. The maximum Gasteiger partial charge on any atom is 0.0695 e. The zero-order valence-corrected chi connectivity index (χ0v) is 12.3. The second-order valence-electron chi connectivity index (χ2n) is 6.47. The number of likely N-dealkylation sites (N-methyl/N-ethyl adjacent to an activating group) is 1. The van der Waals surface area contributed by atoms with Crippen molar-refractivity contribution in [1.82, 2.24) is 9.80 Å². The molecule has 0 aromatic heterocycles. The van der Waals surface area contributed by atoms with Gasteiger partial charge in [-0.3, -0.25) is 4.90 Å². The van der Waals surface area contributed by atoms with E-state index in [4.69, 9.17) is 0 Å². The molecule has 4 atom stereocenters. The summed E-state index contributed by atoms with van der Waals surface area (Å²) >= 11 is 0. The molecule has 0 spiro atoms. The van der Waals surface area contributed by atoms with E-state index in [1.54, 1.807) is 0 Å². The van der Waals surface area contributed by atoms with Gasteiger partial charge in [-0.05, 0) is 51.6 Å². The number of rotatable bonds is 2. The summed E-state index contributed by atoms with van der Waals surface area (Å²) in [5, 5.41) is 10.4. The van der Waals surface area contributed by atoms with Crippen LogP contribution in [0.1, 0.15) is 46.0 Å². The minimum Gasteiger partial charge on any atom is -0.391 e. The Morgan fingerprint density at radius 1 is 1.22 bits per heavy atom. The van der Waals surface area contributed by atoms with Gasteiger partial charge in [-0.1, -0.05) is 13.8 Å². The molecule has 3 heteroatoms. The molecule has 0 amide bonds. The minimum absolute atomic E-state index is 0.0985. The van der Waals surface area contributed by atoms with Crippen LogP contribution in [0.15, 0.2) is 0 Å². The largest absolute Gasteiger partial charge is 0.391 e. The Hall–Kier alpha value is -0.120. The lowest BCUT2D eigenvalue weighted by atomic mass is 9.83. The van der Waals surface area contributed by atoms with Crippen molar-refractivity contribution in [3.05, 3.63) is 0 Å². The van der Waals surface area contributed by atoms with Crippen molar-refractivity contribution in [2.24, 2.45) is 5.92 Å². The van der Waals surface area contributed by atoms with Gasteiger partial charge in [0.05, 0.1) is 6.10 Å². The van der Waals surface area contributed by atoms with Gasteiger partial charge in [0.25, 0.3) is 0 Å². The third kappa shape index (κ3) is 3.25. The van der Waals surface area contributed by atoms with Crippen LogP contribution in [0.25, 0.3) is 0 Å². The summed E-state index contributed by atoms with van der Waals surface area (Å²) in [6, 6.07) is 1.03. The molecule has 4 unspecified atom stereocenters. The molecule has 2 fully saturated rings. The van der Waals surface area contributed by atoms with E-state index in [0.717, 1.165) is 25.4 Å². The highest BCUT2D eigenvalue weighted by Gasteiger charge is 2.35. The van der Waals surface area contributed by atoms with E-state index in [0.29, 0.717) is 12.1 Å². The van der Waals surface area contributed by atoms with Crippen LogP contribution in [-0.2, 0) is 0 Å². The van der Waals surface area contributed by atoms with E-state index in [1.165, 1.54) is 32.2 Å². The van der Waals surface area contributed by atoms with Crippen LogP contribution in [0.2, 0.25) is 0 Å². The topological polar surface area (TPSA) is 26.7 Å². The van der Waals surface area contributed by atoms with Crippen molar-refractivity contribution in [2.75, 3.05) is 26.7 Å². The average molecular weight is 254 g/mol. The zero-order valence-electron chi connectivity index (χ0n) is 12.3. The van der Waals surface area contributed by atoms with Crippen molar-refractivity contribution >= 4 is 0 Å². The number of aliphatic hydroxyl groups excluding tert-OH is 1. The first-order chi connectivity index (χ1) is 8.61. The molecule has 3 nitrogen and oxygen atoms in total. The summed E-state index contributed by atoms with van der Waals surface area (Å²) in [6.07, 6.45) is 5.71. The lowest BCUT2D eigenvalue weighted by Crippen LogP contribution is -2.52. The highest BCUT2D eigenvalue weighted by Crippen LogP contribution is 2.30. The van der Waals surface area contributed by atoms with Crippen LogP contribution in [-0.4, -0.2) is 59.8 Å². The molecule has 0 aromatic carbocycles. The molecule has 0 radical (unpaired) electrons. The van der Waals surface area contributed by atoms with E-state index < -0.39 is 0 Å². The summed E-state index contributed by atoms with van der Waals surface area (Å²) in [5.74, 6) is 0.775. The van der Waals surface area contributed by atoms with Crippen LogP contribution in [0.4, 0.5) is 0 Å². The Morgan fingerprint density at radius 3 is 2.72 bits per heavy atom. The first kappa shape index (κ1) is 14.3. The Kier molecular flexibility index (Phi) is 5.05. The summed E-state index contributed by atoms with van der Waals surface area (Å²) in [4.78, 5) is 5.08. The smallest absolute Gasteiger partial charge is 0.0695 e. The Morgan fingerprint density at radius 2 is 2.00 bits per heavy atom. The van der Waals surface area contributed by atoms with Crippen LogP contribution >= 0.6 is 0 Å². The fourth-order valence-electron chi connectivity index (χ4n) is 3.75. The lowest BCUT2D eigenvalue weighted by molar-refractivity contribution is -0.0138. The van der Waals surface area contributed by atoms with Gasteiger partial charge in [0.2, 0.25) is 0 Å². The van der Waals surface area contributed by atoms with E-state index in [9.17, 15) is 5.11 Å². The molecular formula is C15H30N2O. The molecular weight excluding hydrogens is 224 g/mol. The summed E-state index contributed by atoms with van der Waals surface area (Å²) in [6.45, 7) is 8.15. The second-order valence-corrected chi connectivity index (χ2v) is 6.47. The molecule has 18 heavy (non-hydrogen) atoms. The number of aliphatic hydroxyl groups is 1. The molecule has 2 aliphatic rings. The Labute approximate surface area is 112 Å². The van der Waals surface area contributed by atoms with Gasteiger partial charge >= 0.3 is 0 Å². The van der Waals surface area contributed by atoms with Gasteiger partial charge in [-0.15, -0.1) is 0 Å². The minimum atomic E-state index is -0.0985. The monoisotopic (exact) mass is 254 g/mol. The van der Waals surface area contributed by atoms with Gasteiger partial charge in [-0.2, -0.15) is 0 Å². The average Bonchev–Trinajstić information content (AvgIpc) is 2.53. The van der Waals surface area contributed by atoms with Crippen LogP contribution in [0.5, 0.6) is 0 Å². The van der Waals surface area contributed by atoms with Crippen molar-refractivity contribution in [1.29, 1.82) is 0 Å². The normalized spacial score (nSPS) is 40.7. The highest BCUT2D eigenvalue weighted by molar-refractivity contribution is 4.90. The lowest BCUT2D eigenvalue weighted by Gasteiger charge is -2.43. The molecule has 1 aliphatic heterocycles. The standard InChI is InChI=1S/C15H30N2O/c1-4-13-11-16(3)8-5-9-17(13)14-10-12(2)6-7-15(14)18/h12-15,18H,4-11H2,1-3H3. The van der Waals surface area contributed by atoms with E-state index in [-0.39, 0.29) is 6.10 Å². The molecule has 1 aliphatic carbocycles.